The molecule has 2 fully saturated rings. The zero-order valence-electron chi connectivity index (χ0n) is 16.5. The number of carbonyl (C=O) groups is 1. The molecule has 1 saturated heterocycles. The Morgan fingerprint density at radius 3 is 2.79 bits per heavy atom. The molecule has 1 atom stereocenters. The van der Waals surface area contributed by atoms with Gasteiger partial charge < -0.3 is 29.2 Å². The molecule has 1 aromatic carbocycles. The predicted octanol–water partition coefficient (Wildman–Crippen LogP) is 1.73. The molecule has 28 heavy (non-hydrogen) atoms. The Kier molecular flexibility index (Phi) is 7.47. The summed E-state index contributed by atoms with van der Waals surface area (Å²) in [5.74, 6) is -0.133. The lowest BCUT2D eigenvalue weighted by Gasteiger charge is -2.30. The summed E-state index contributed by atoms with van der Waals surface area (Å²) in [6.07, 6.45) is 2.13. The largest absolute Gasteiger partial charge is 0.490 e. The van der Waals surface area contributed by atoms with Crippen LogP contribution in [0, 0.1) is 5.82 Å². The van der Waals surface area contributed by atoms with Gasteiger partial charge >= 0.3 is 0 Å². The molecule has 1 amide bonds. The molecule has 1 aliphatic heterocycles. The van der Waals surface area contributed by atoms with Crippen LogP contribution in [0.5, 0.6) is 11.5 Å². The molecule has 8 heteroatoms. The van der Waals surface area contributed by atoms with Crippen LogP contribution in [0.25, 0.3) is 0 Å². The molecule has 0 spiro atoms. The first-order valence-electron chi connectivity index (χ1n) is 9.75. The number of halogens is 1. The highest BCUT2D eigenvalue weighted by atomic mass is 19.1. The average molecular weight is 396 g/mol. The molecule has 1 aliphatic carbocycles. The number of hydrogen-bond acceptors (Lipinski definition) is 6. The minimum absolute atomic E-state index is 0.0477. The van der Waals surface area contributed by atoms with Gasteiger partial charge in [-0.15, -0.1) is 0 Å². The van der Waals surface area contributed by atoms with Gasteiger partial charge in [0.15, 0.2) is 17.3 Å². The van der Waals surface area contributed by atoms with E-state index in [1.165, 1.54) is 13.2 Å². The smallest absolute Gasteiger partial charge is 0.253 e. The van der Waals surface area contributed by atoms with Crippen LogP contribution in [0.2, 0.25) is 0 Å². The number of ether oxygens (including phenoxy) is 4. The Morgan fingerprint density at radius 2 is 2.14 bits per heavy atom. The van der Waals surface area contributed by atoms with Crippen molar-refractivity contribution in [3.63, 3.8) is 0 Å². The van der Waals surface area contributed by atoms with Crippen molar-refractivity contribution >= 4 is 5.91 Å². The lowest BCUT2D eigenvalue weighted by atomic mass is 10.1. The van der Waals surface area contributed by atoms with Gasteiger partial charge in [0.2, 0.25) is 0 Å². The van der Waals surface area contributed by atoms with E-state index in [-0.39, 0.29) is 17.7 Å². The van der Waals surface area contributed by atoms with E-state index in [0.29, 0.717) is 50.6 Å². The highest BCUT2D eigenvalue weighted by Crippen LogP contribution is 2.34. The molecule has 1 aromatic rings. The lowest BCUT2D eigenvalue weighted by molar-refractivity contribution is -0.146. The standard InChI is InChI=1S/C20H29FN2O5/c1-25-7-3-8-27-17-11-14(10-16(21)19(17)26-2)13-23(15-4-5-15)20(24)18-12-22-6-9-28-18/h10-11,15,18,22H,3-9,12-13H2,1-2H3/t18-/m1/s1. The number of nitrogens with one attached hydrogen (secondary N) is 1. The normalized spacial score (nSPS) is 19.3. The van der Waals surface area contributed by atoms with Crippen molar-refractivity contribution in [3.8, 4) is 11.5 Å². The van der Waals surface area contributed by atoms with E-state index in [1.54, 1.807) is 18.1 Å². The zero-order valence-corrected chi connectivity index (χ0v) is 16.5. The summed E-state index contributed by atoms with van der Waals surface area (Å²) in [4.78, 5) is 14.7. The Labute approximate surface area is 165 Å². The summed E-state index contributed by atoms with van der Waals surface area (Å²) >= 11 is 0. The second-order valence-electron chi connectivity index (χ2n) is 7.06. The fourth-order valence-electron chi connectivity index (χ4n) is 3.28. The van der Waals surface area contributed by atoms with Crippen LogP contribution < -0.4 is 14.8 Å². The van der Waals surface area contributed by atoms with Gasteiger partial charge in [0.1, 0.15) is 6.10 Å². The van der Waals surface area contributed by atoms with Crippen molar-refractivity contribution in [2.24, 2.45) is 0 Å². The Hall–Kier alpha value is -1.90. The number of rotatable bonds is 10. The first kappa shape index (κ1) is 20.8. The van der Waals surface area contributed by atoms with Crippen LogP contribution in [0.1, 0.15) is 24.8 Å². The van der Waals surface area contributed by atoms with E-state index in [9.17, 15) is 9.18 Å². The second-order valence-corrected chi connectivity index (χ2v) is 7.06. The van der Waals surface area contributed by atoms with Crippen molar-refractivity contribution in [3.05, 3.63) is 23.5 Å². The number of carbonyl (C=O) groups excluding carboxylic acids is 1. The van der Waals surface area contributed by atoms with Crippen molar-refractivity contribution in [1.29, 1.82) is 0 Å². The van der Waals surface area contributed by atoms with E-state index in [1.807, 2.05) is 0 Å². The lowest BCUT2D eigenvalue weighted by Crippen LogP contribution is -2.49. The zero-order chi connectivity index (χ0) is 19.9. The summed E-state index contributed by atoms with van der Waals surface area (Å²) < 4.78 is 36.0. The maximum Gasteiger partial charge on any atom is 0.253 e. The first-order valence-corrected chi connectivity index (χ1v) is 9.75. The van der Waals surface area contributed by atoms with Crippen LogP contribution >= 0.6 is 0 Å². The van der Waals surface area contributed by atoms with Crippen molar-refractivity contribution in [2.75, 3.05) is 47.1 Å². The average Bonchev–Trinajstić information content (AvgIpc) is 3.54. The minimum Gasteiger partial charge on any atom is -0.490 e. The van der Waals surface area contributed by atoms with Crippen molar-refractivity contribution in [1.82, 2.24) is 10.2 Å². The number of hydrogen-bond donors (Lipinski definition) is 1. The SMILES string of the molecule is COCCCOc1cc(CN(C(=O)[C@H]2CNCCO2)C2CC2)cc(F)c1OC. The maximum absolute atomic E-state index is 14.5. The molecule has 2 aliphatic rings. The van der Waals surface area contributed by atoms with Crippen LogP contribution in [0.4, 0.5) is 4.39 Å². The minimum atomic E-state index is -0.500. The van der Waals surface area contributed by atoms with Gasteiger partial charge in [0.25, 0.3) is 5.91 Å². The maximum atomic E-state index is 14.5. The van der Waals surface area contributed by atoms with Crippen molar-refractivity contribution in [2.45, 2.75) is 38.0 Å². The molecule has 0 aromatic heterocycles. The summed E-state index contributed by atoms with van der Waals surface area (Å²) in [6.45, 7) is 3.04. The monoisotopic (exact) mass is 396 g/mol. The number of nitrogens with zero attached hydrogens (tertiary/aromatic N) is 1. The fraction of sp³-hybridized carbons (Fsp3) is 0.650. The third-order valence-corrected chi connectivity index (χ3v) is 4.85. The molecule has 7 nitrogen and oxygen atoms in total. The van der Waals surface area contributed by atoms with Gasteiger partial charge in [-0.3, -0.25) is 4.79 Å². The van der Waals surface area contributed by atoms with Crippen LogP contribution in [0.3, 0.4) is 0 Å². The molecule has 1 N–H and O–H groups in total. The predicted molar refractivity (Wildman–Crippen MR) is 101 cm³/mol. The molecule has 1 saturated carbocycles. The Balaban J connectivity index is 1.73. The summed E-state index contributed by atoms with van der Waals surface area (Å²) in [7, 11) is 3.03. The summed E-state index contributed by atoms with van der Waals surface area (Å²) in [6, 6.07) is 3.34. The molecular formula is C20H29FN2O5. The molecule has 0 radical (unpaired) electrons. The highest BCUT2D eigenvalue weighted by molar-refractivity contribution is 5.82. The molecule has 156 valence electrons. The van der Waals surface area contributed by atoms with E-state index in [2.05, 4.69) is 5.32 Å². The molecule has 0 unspecified atom stereocenters. The van der Waals surface area contributed by atoms with Crippen LogP contribution in [-0.4, -0.2) is 70.1 Å². The molecule has 1 heterocycles. The highest BCUT2D eigenvalue weighted by Gasteiger charge is 2.37. The Morgan fingerprint density at radius 1 is 1.32 bits per heavy atom. The van der Waals surface area contributed by atoms with Crippen LogP contribution in [-0.2, 0) is 20.8 Å². The summed E-state index contributed by atoms with van der Waals surface area (Å²) in [5.41, 5.74) is 0.670. The van der Waals surface area contributed by atoms with Gasteiger partial charge in [-0.25, -0.2) is 4.39 Å². The van der Waals surface area contributed by atoms with E-state index in [0.717, 1.165) is 19.4 Å². The quantitative estimate of drug-likeness (QED) is 0.608. The van der Waals surface area contributed by atoms with Gasteiger partial charge in [-0.2, -0.15) is 0 Å². The molecule has 0 bridgehead atoms. The van der Waals surface area contributed by atoms with Gasteiger partial charge in [-0.1, -0.05) is 0 Å². The van der Waals surface area contributed by atoms with E-state index >= 15 is 0 Å². The third-order valence-electron chi connectivity index (χ3n) is 4.85. The number of amides is 1. The van der Waals surface area contributed by atoms with E-state index in [4.69, 9.17) is 18.9 Å². The first-order chi connectivity index (χ1) is 13.6. The molecular weight excluding hydrogens is 367 g/mol. The Bertz CT molecular complexity index is 662. The second kappa shape index (κ2) is 10.0. The van der Waals surface area contributed by atoms with Gasteiger partial charge in [-0.05, 0) is 30.5 Å². The third kappa shape index (κ3) is 5.33. The number of methoxy groups -OCH3 is 2. The summed E-state index contributed by atoms with van der Waals surface area (Å²) in [5, 5.41) is 3.18. The fourth-order valence-corrected chi connectivity index (χ4v) is 3.28. The molecule has 3 rings (SSSR count). The topological polar surface area (TPSA) is 69.3 Å². The van der Waals surface area contributed by atoms with Crippen molar-refractivity contribution < 1.29 is 28.1 Å². The number of morpholine rings is 1. The van der Waals surface area contributed by atoms with Crippen LogP contribution in [0.15, 0.2) is 12.1 Å². The van der Waals surface area contributed by atoms with E-state index < -0.39 is 11.9 Å². The van der Waals surface area contributed by atoms with Gasteiger partial charge in [0, 0.05) is 45.8 Å². The number of benzene rings is 1. The van der Waals surface area contributed by atoms with Gasteiger partial charge in [0.05, 0.1) is 20.3 Å².